The minimum Gasteiger partial charge on any atom is -0.478 e. The van der Waals surface area contributed by atoms with E-state index in [9.17, 15) is 19.7 Å². The van der Waals surface area contributed by atoms with Crippen molar-refractivity contribution < 1.29 is 24.0 Å². The molecule has 1 aromatic rings. The Morgan fingerprint density at radius 2 is 2.07 bits per heavy atom. The Bertz CT molecular complexity index is 444. The van der Waals surface area contributed by atoms with Crippen molar-refractivity contribution in [3.8, 4) is 0 Å². The summed E-state index contributed by atoms with van der Waals surface area (Å²) in [4.78, 5) is 30.6. The smallest absolute Gasteiger partial charge is 0.433 e. The van der Waals surface area contributed by atoms with Crippen molar-refractivity contribution in [3.63, 3.8) is 0 Å². The van der Waals surface area contributed by atoms with Gasteiger partial charge in [0.05, 0.1) is 6.07 Å². The summed E-state index contributed by atoms with van der Waals surface area (Å²) in [5.41, 5.74) is 0. The van der Waals surface area contributed by atoms with Crippen LogP contribution >= 0.6 is 0 Å². The lowest BCUT2D eigenvalue weighted by atomic mass is 10.3. The number of aliphatic carboxylic acids is 1. The molecule has 15 heavy (non-hydrogen) atoms. The molecule has 0 amide bonds. The summed E-state index contributed by atoms with van der Waals surface area (Å²) >= 11 is 0. The van der Waals surface area contributed by atoms with E-state index in [1.807, 2.05) is 0 Å². The highest BCUT2D eigenvalue weighted by atomic mass is 16.6. The van der Waals surface area contributed by atoms with Gasteiger partial charge in [0.25, 0.3) is 0 Å². The lowest BCUT2D eigenvalue weighted by molar-refractivity contribution is -0.402. The van der Waals surface area contributed by atoms with Crippen LogP contribution in [0.3, 0.4) is 0 Å². The molecule has 0 spiro atoms. The maximum atomic E-state index is 11.1. The number of ketones is 1. The number of nitro groups is 1. The van der Waals surface area contributed by atoms with Crippen molar-refractivity contribution in [1.29, 1.82) is 0 Å². The zero-order valence-electron chi connectivity index (χ0n) is 7.25. The number of carbonyl (C=O) groups is 2. The molecule has 0 atom stereocenters. The molecule has 0 aliphatic rings. The Morgan fingerprint density at radius 1 is 1.40 bits per heavy atom. The second kappa shape index (κ2) is 4.18. The van der Waals surface area contributed by atoms with E-state index < -0.39 is 22.6 Å². The molecule has 1 aromatic heterocycles. The van der Waals surface area contributed by atoms with E-state index in [4.69, 9.17) is 5.11 Å². The number of nitrogens with zero attached hydrogens (tertiary/aromatic N) is 1. The molecule has 7 nitrogen and oxygen atoms in total. The van der Waals surface area contributed by atoms with E-state index in [0.717, 1.165) is 18.2 Å². The van der Waals surface area contributed by atoms with Gasteiger partial charge in [0.15, 0.2) is 5.76 Å². The predicted molar refractivity (Wildman–Crippen MR) is 46.5 cm³/mol. The third kappa shape index (κ3) is 2.76. The van der Waals surface area contributed by atoms with Crippen LogP contribution in [0.1, 0.15) is 10.6 Å². The minimum absolute atomic E-state index is 0.279. The highest BCUT2D eigenvalue weighted by molar-refractivity contribution is 6.05. The number of carbonyl (C=O) groups excluding carboxylic acids is 1. The second-order valence-corrected chi connectivity index (χ2v) is 2.43. The number of furan rings is 1. The summed E-state index contributed by atoms with van der Waals surface area (Å²) in [6.45, 7) is 0. The van der Waals surface area contributed by atoms with Crippen LogP contribution < -0.4 is 0 Å². The molecular weight excluding hydrogens is 206 g/mol. The van der Waals surface area contributed by atoms with Gasteiger partial charge in [-0.25, -0.2) is 4.79 Å². The minimum atomic E-state index is -1.29. The average molecular weight is 211 g/mol. The second-order valence-electron chi connectivity index (χ2n) is 2.43. The van der Waals surface area contributed by atoms with Crippen molar-refractivity contribution in [3.05, 3.63) is 40.2 Å². The average Bonchev–Trinajstić information content (AvgIpc) is 2.62. The van der Waals surface area contributed by atoms with Gasteiger partial charge in [-0.3, -0.25) is 14.9 Å². The maximum absolute atomic E-state index is 11.1. The molecular formula is C8H5NO6. The Labute approximate surface area is 82.8 Å². The number of rotatable bonds is 4. The zero-order valence-corrected chi connectivity index (χ0v) is 7.25. The first kappa shape index (κ1) is 10.6. The molecule has 0 fully saturated rings. The van der Waals surface area contributed by atoms with Gasteiger partial charge in [-0.1, -0.05) is 0 Å². The molecule has 0 aliphatic carbocycles. The van der Waals surface area contributed by atoms with Gasteiger partial charge in [-0.05, 0) is 12.1 Å². The van der Waals surface area contributed by atoms with Crippen LogP contribution in [0, 0.1) is 10.1 Å². The Hall–Kier alpha value is -2.44. The molecule has 1 heterocycles. The largest absolute Gasteiger partial charge is 0.478 e. The monoisotopic (exact) mass is 211 g/mol. The topological polar surface area (TPSA) is 111 Å². The lowest BCUT2D eigenvalue weighted by Gasteiger charge is -1.86. The summed E-state index contributed by atoms with van der Waals surface area (Å²) in [5, 5.41) is 18.4. The van der Waals surface area contributed by atoms with Crippen LogP contribution in [0.15, 0.2) is 28.7 Å². The first-order valence-corrected chi connectivity index (χ1v) is 3.70. The van der Waals surface area contributed by atoms with Crippen LogP contribution in [-0.4, -0.2) is 21.8 Å². The fourth-order valence-electron chi connectivity index (χ4n) is 0.787. The predicted octanol–water partition coefficient (Wildman–Crippen LogP) is 1.01. The van der Waals surface area contributed by atoms with Crippen molar-refractivity contribution in [2.45, 2.75) is 0 Å². The van der Waals surface area contributed by atoms with E-state index >= 15 is 0 Å². The van der Waals surface area contributed by atoms with Crippen molar-refractivity contribution in [2.75, 3.05) is 0 Å². The number of hydrogen-bond donors (Lipinski definition) is 1. The SMILES string of the molecule is O=C(O)C=CC(=O)c1ccc([N+](=O)[O-])o1. The van der Waals surface area contributed by atoms with Gasteiger partial charge >= 0.3 is 11.9 Å². The van der Waals surface area contributed by atoms with Crippen LogP contribution in [0.25, 0.3) is 0 Å². The van der Waals surface area contributed by atoms with Gasteiger partial charge in [0.2, 0.25) is 5.78 Å². The van der Waals surface area contributed by atoms with Crippen molar-refractivity contribution in [2.24, 2.45) is 0 Å². The lowest BCUT2D eigenvalue weighted by Crippen LogP contribution is -1.94. The number of carboxylic acid groups (broad SMARTS) is 1. The molecule has 78 valence electrons. The van der Waals surface area contributed by atoms with Crippen LogP contribution in [0.4, 0.5) is 5.88 Å². The normalized spacial score (nSPS) is 10.4. The van der Waals surface area contributed by atoms with Crippen LogP contribution in [0.5, 0.6) is 0 Å². The van der Waals surface area contributed by atoms with Gasteiger partial charge < -0.3 is 9.52 Å². The Balaban J connectivity index is 2.83. The molecule has 0 radical (unpaired) electrons. The molecule has 7 heteroatoms. The summed E-state index contributed by atoms with van der Waals surface area (Å²) in [5.74, 6) is -2.88. The number of carboxylic acids is 1. The summed E-state index contributed by atoms with van der Waals surface area (Å²) < 4.78 is 4.55. The van der Waals surface area contributed by atoms with Crippen LogP contribution in [0.2, 0.25) is 0 Å². The fraction of sp³-hybridized carbons (Fsp3) is 0. The summed E-state index contributed by atoms with van der Waals surface area (Å²) in [6.07, 6.45) is 1.38. The maximum Gasteiger partial charge on any atom is 0.433 e. The van der Waals surface area contributed by atoms with Gasteiger partial charge in [0.1, 0.15) is 4.92 Å². The number of allylic oxidation sites excluding steroid dienone is 1. The van der Waals surface area contributed by atoms with E-state index in [1.165, 1.54) is 0 Å². The molecule has 0 unspecified atom stereocenters. The van der Waals surface area contributed by atoms with Gasteiger partial charge in [0, 0.05) is 6.08 Å². The third-order valence-corrected chi connectivity index (χ3v) is 1.39. The van der Waals surface area contributed by atoms with E-state index in [1.54, 1.807) is 0 Å². The molecule has 1 rings (SSSR count). The number of hydrogen-bond acceptors (Lipinski definition) is 5. The first-order chi connectivity index (χ1) is 7.00. The Morgan fingerprint density at radius 3 is 2.53 bits per heavy atom. The molecule has 0 aromatic carbocycles. The van der Waals surface area contributed by atoms with Crippen molar-refractivity contribution >= 4 is 17.6 Å². The molecule has 0 aliphatic heterocycles. The third-order valence-electron chi connectivity index (χ3n) is 1.39. The Kier molecular flexibility index (Phi) is 2.97. The highest BCUT2D eigenvalue weighted by Gasteiger charge is 2.15. The summed E-state index contributed by atoms with van der Waals surface area (Å²) in [7, 11) is 0. The van der Waals surface area contributed by atoms with E-state index in [-0.39, 0.29) is 5.76 Å². The van der Waals surface area contributed by atoms with Crippen molar-refractivity contribution in [1.82, 2.24) is 0 Å². The standard InChI is InChI=1S/C8H5NO6/c10-5(1-4-8(11)12)6-2-3-7(15-6)9(13)14/h1-4H,(H,11,12). The summed E-state index contributed by atoms with van der Waals surface area (Å²) in [6, 6.07) is 2.12. The fourth-order valence-corrected chi connectivity index (χ4v) is 0.787. The molecule has 0 saturated carbocycles. The van der Waals surface area contributed by atoms with Gasteiger partial charge in [-0.2, -0.15) is 0 Å². The molecule has 0 bridgehead atoms. The zero-order chi connectivity index (χ0) is 11.4. The van der Waals surface area contributed by atoms with E-state index in [0.29, 0.717) is 6.08 Å². The molecule has 1 N–H and O–H groups in total. The first-order valence-electron chi connectivity index (χ1n) is 3.70. The highest BCUT2D eigenvalue weighted by Crippen LogP contribution is 2.16. The quantitative estimate of drug-likeness (QED) is 0.344. The van der Waals surface area contributed by atoms with Gasteiger partial charge in [-0.15, -0.1) is 0 Å². The van der Waals surface area contributed by atoms with Crippen LogP contribution in [-0.2, 0) is 4.79 Å². The molecule has 0 saturated heterocycles. The van der Waals surface area contributed by atoms with E-state index in [2.05, 4.69) is 4.42 Å².